The van der Waals surface area contributed by atoms with Crippen molar-refractivity contribution in [3.63, 3.8) is 0 Å². The highest BCUT2D eigenvalue weighted by Gasteiger charge is 2.47. The summed E-state index contributed by atoms with van der Waals surface area (Å²) in [6, 6.07) is 25.9. The normalized spacial score (nSPS) is 22.2. The molecular formula is C39H48O2S3+2. The highest BCUT2D eigenvalue weighted by Crippen LogP contribution is 2.41. The minimum absolute atomic E-state index is 0.0508. The molecule has 0 amide bonds. The van der Waals surface area contributed by atoms with Gasteiger partial charge in [0.2, 0.25) is 11.6 Å². The Labute approximate surface area is 275 Å². The van der Waals surface area contributed by atoms with Gasteiger partial charge in [-0.1, -0.05) is 79.6 Å². The second-order valence-corrected chi connectivity index (χ2v) is 20.0. The van der Waals surface area contributed by atoms with Crippen LogP contribution in [0.5, 0.6) is 0 Å². The lowest BCUT2D eigenvalue weighted by molar-refractivity contribution is 0.0955. The first-order valence-corrected chi connectivity index (χ1v) is 20.6. The predicted octanol–water partition coefficient (Wildman–Crippen LogP) is 9.98. The van der Waals surface area contributed by atoms with Crippen LogP contribution in [0, 0.1) is 0 Å². The molecule has 3 aromatic carbocycles. The molecule has 44 heavy (non-hydrogen) atoms. The Balaban J connectivity index is 1.07. The first-order chi connectivity index (χ1) is 21.3. The van der Waals surface area contributed by atoms with Crippen molar-refractivity contribution >= 4 is 45.1 Å². The lowest BCUT2D eigenvalue weighted by Gasteiger charge is -2.22. The Bertz CT molecular complexity index is 1420. The van der Waals surface area contributed by atoms with E-state index in [0.29, 0.717) is 22.7 Å². The quantitative estimate of drug-likeness (QED) is 0.163. The summed E-state index contributed by atoms with van der Waals surface area (Å²) in [5.41, 5.74) is 4.52. The van der Waals surface area contributed by atoms with Crippen LogP contribution in [0.4, 0.5) is 0 Å². The third-order valence-corrected chi connectivity index (χ3v) is 17.5. The zero-order chi connectivity index (χ0) is 30.7. The average Bonchev–Trinajstić information content (AvgIpc) is 3.79. The van der Waals surface area contributed by atoms with Gasteiger partial charge in [0.25, 0.3) is 0 Å². The topological polar surface area (TPSA) is 34.1 Å². The molecule has 3 unspecified atom stereocenters. The van der Waals surface area contributed by atoms with Crippen LogP contribution in [-0.4, -0.2) is 38.8 Å². The van der Waals surface area contributed by atoms with Crippen molar-refractivity contribution in [2.45, 2.75) is 110 Å². The van der Waals surface area contributed by atoms with E-state index in [4.69, 9.17) is 0 Å². The monoisotopic (exact) mass is 644 g/mol. The molecule has 2 nitrogen and oxygen atoms in total. The number of carbonyl (C=O) groups excluding carboxylic acids is 2. The maximum Gasteiger partial charge on any atom is 0.217 e. The summed E-state index contributed by atoms with van der Waals surface area (Å²) >= 11 is 1.75. The number of ketones is 2. The second kappa shape index (κ2) is 14.2. The fraction of sp³-hybridized carbons (Fsp3) is 0.487. The van der Waals surface area contributed by atoms with E-state index in [1.165, 1.54) is 85.3 Å². The predicted molar refractivity (Wildman–Crippen MR) is 192 cm³/mol. The molecule has 2 heterocycles. The first kappa shape index (κ1) is 32.0. The van der Waals surface area contributed by atoms with Gasteiger partial charge in [0.15, 0.2) is 10.00 Å². The van der Waals surface area contributed by atoms with Crippen molar-refractivity contribution in [2.24, 2.45) is 0 Å². The van der Waals surface area contributed by atoms with E-state index in [2.05, 4.69) is 81.4 Å². The number of Topliss-reactive ketones (excluding diaryl/α,β-unsaturated/α-hetero) is 2. The van der Waals surface area contributed by atoms with E-state index in [1.807, 2.05) is 12.1 Å². The minimum atomic E-state index is -0.263. The van der Waals surface area contributed by atoms with E-state index in [0.717, 1.165) is 21.8 Å². The lowest BCUT2D eigenvalue weighted by Crippen LogP contribution is -2.41. The second-order valence-electron chi connectivity index (χ2n) is 13.4. The van der Waals surface area contributed by atoms with Crippen molar-refractivity contribution < 1.29 is 9.59 Å². The molecule has 0 N–H and O–H groups in total. The number of rotatable bonds is 10. The molecule has 0 bridgehead atoms. The highest BCUT2D eigenvalue weighted by molar-refractivity contribution is 7.99. The summed E-state index contributed by atoms with van der Waals surface area (Å²) in [6.45, 7) is 6.47. The van der Waals surface area contributed by atoms with Crippen molar-refractivity contribution in [2.75, 3.05) is 17.3 Å². The Kier molecular flexibility index (Phi) is 10.3. The Hall–Kier alpha value is -1.95. The molecule has 6 rings (SSSR count). The van der Waals surface area contributed by atoms with Crippen LogP contribution in [-0.2, 0) is 21.8 Å². The van der Waals surface area contributed by atoms with Gasteiger partial charge in [0.1, 0.15) is 22.5 Å². The van der Waals surface area contributed by atoms with Gasteiger partial charge in [-0.05, 0) is 88.6 Å². The molecule has 3 aliphatic rings. The SMILES string of the molecule is CC(C(=O)c1ccc(C2CCCCC2)cc1)[S+]1CCCC1c1ccc(Sc2ccc(C(=O)C(C)(C)[S+]3CCCC3)cc2)cc1. The first-order valence-electron chi connectivity index (χ1n) is 16.7. The van der Waals surface area contributed by atoms with E-state index < -0.39 is 0 Å². The van der Waals surface area contributed by atoms with Crippen LogP contribution in [0.1, 0.15) is 122 Å². The maximum absolute atomic E-state index is 13.6. The molecule has 5 heteroatoms. The number of hydrogen-bond donors (Lipinski definition) is 0. The van der Waals surface area contributed by atoms with Crippen molar-refractivity contribution in [3.8, 4) is 0 Å². The molecule has 0 radical (unpaired) electrons. The lowest BCUT2D eigenvalue weighted by atomic mass is 9.84. The molecule has 1 saturated carbocycles. The molecular weight excluding hydrogens is 597 g/mol. The highest BCUT2D eigenvalue weighted by atomic mass is 32.2. The van der Waals surface area contributed by atoms with Crippen LogP contribution in [0.2, 0.25) is 0 Å². The van der Waals surface area contributed by atoms with E-state index in [9.17, 15) is 9.59 Å². The van der Waals surface area contributed by atoms with Gasteiger partial charge in [0, 0.05) is 54.7 Å². The molecule has 3 fully saturated rings. The Morgan fingerprint density at radius 3 is 1.89 bits per heavy atom. The van der Waals surface area contributed by atoms with Gasteiger partial charge in [-0.25, -0.2) is 0 Å². The molecule has 232 valence electrons. The smallest absolute Gasteiger partial charge is 0.217 e. The molecule has 3 atom stereocenters. The standard InChI is InChI=1S/C39H48O2S3/c1-28(37(40)32-15-13-30(14-16-32)29-10-5-4-6-11-29)44-27-9-12-36(44)31-17-21-34(22-18-31)42-35-23-19-33(20-24-35)38(41)39(2,3)43-25-7-8-26-43/h13-24,28-29,36H,4-12,25-27H2,1-3H3/q+2. The molecule has 0 spiro atoms. The molecule has 0 aromatic heterocycles. The summed E-state index contributed by atoms with van der Waals surface area (Å²) in [5, 5.41) is 0.515. The largest absolute Gasteiger partial charge is 0.289 e. The summed E-state index contributed by atoms with van der Waals surface area (Å²) in [4.78, 5) is 29.3. The van der Waals surface area contributed by atoms with Crippen LogP contribution >= 0.6 is 11.8 Å². The van der Waals surface area contributed by atoms with E-state index >= 15 is 0 Å². The zero-order valence-electron chi connectivity index (χ0n) is 26.7. The van der Waals surface area contributed by atoms with Crippen LogP contribution in [0.15, 0.2) is 82.6 Å². The third kappa shape index (κ3) is 7.05. The van der Waals surface area contributed by atoms with E-state index in [-0.39, 0.29) is 31.8 Å². The fourth-order valence-electron chi connectivity index (χ4n) is 7.43. The summed E-state index contributed by atoms with van der Waals surface area (Å²) in [5.74, 6) is 4.84. The Morgan fingerprint density at radius 2 is 1.25 bits per heavy atom. The van der Waals surface area contributed by atoms with Gasteiger partial charge in [-0.2, -0.15) is 0 Å². The van der Waals surface area contributed by atoms with Crippen LogP contribution in [0.3, 0.4) is 0 Å². The molecule has 1 aliphatic carbocycles. The van der Waals surface area contributed by atoms with Crippen molar-refractivity contribution in [1.29, 1.82) is 0 Å². The van der Waals surface area contributed by atoms with Crippen molar-refractivity contribution in [3.05, 3.63) is 95.1 Å². The van der Waals surface area contributed by atoms with Crippen LogP contribution < -0.4 is 0 Å². The summed E-state index contributed by atoms with van der Waals surface area (Å²) in [7, 11) is 0.249. The van der Waals surface area contributed by atoms with Crippen LogP contribution in [0.25, 0.3) is 0 Å². The number of benzene rings is 3. The third-order valence-electron chi connectivity index (χ3n) is 10.2. The fourth-order valence-corrected chi connectivity index (χ4v) is 14.0. The van der Waals surface area contributed by atoms with Gasteiger partial charge >= 0.3 is 0 Å². The minimum Gasteiger partial charge on any atom is -0.289 e. The number of hydrogen-bond acceptors (Lipinski definition) is 3. The summed E-state index contributed by atoms with van der Waals surface area (Å²) in [6.07, 6.45) is 11.5. The Morgan fingerprint density at radius 1 is 0.682 bits per heavy atom. The van der Waals surface area contributed by atoms with Gasteiger partial charge < -0.3 is 0 Å². The van der Waals surface area contributed by atoms with E-state index in [1.54, 1.807) is 11.8 Å². The maximum atomic E-state index is 13.6. The number of carbonyl (C=O) groups is 2. The zero-order valence-corrected chi connectivity index (χ0v) is 29.1. The molecule has 3 aromatic rings. The van der Waals surface area contributed by atoms with Gasteiger partial charge in [0.05, 0.1) is 0 Å². The van der Waals surface area contributed by atoms with Gasteiger partial charge in [-0.3, -0.25) is 9.59 Å². The van der Waals surface area contributed by atoms with Gasteiger partial charge in [-0.15, -0.1) is 0 Å². The average molecular weight is 645 g/mol. The molecule has 2 saturated heterocycles. The molecule has 2 aliphatic heterocycles. The summed E-state index contributed by atoms with van der Waals surface area (Å²) < 4.78 is -0.263. The van der Waals surface area contributed by atoms with Crippen molar-refractivity contribution in [1.82, 2.24) is 0 Å².